The van der Waals surface area contributed by atoms with E-state index in [1.54, 1.807) is 7.05 Å². The second-order valence-corrected chi connectivity index (χ2v) is 4.82. The van der Waals surface area contributed by atoms with E-state index >= 15 is 0 Å². The van der Waals surface area contributed by atoms with E-state index in [-0.39, 0.29) is 11.4 Å². The maximum absolute atomic E-state index is 11.2. The van der Waals surface area contributed by atoms with Crippen molar-refractivity contribution >= 4 is 5.91 Å². The normalized spacial score (nSPS) is 14.7. The molecule has 0 radical (unpaired) electrons. The van der Waals surface area contributed by atoms with Gasteiger partial charge in [0.25, 0.3) is 0 Å². The SMILES string of the molecule is CCCN(CCCC(=O)NC)C(C)(CC)CN. The molecule has 17 heavy (non-hydrogen) atoms. The molecule has 0 aromatic heterocycles. The first-order valence-corrected chi connectivity index (χ1v) is 6.69. The van der Waals surface area contributed by atoms with Crippen molar-refractivity contribution in [2.24, 2.45) is 5.73 Å². The van der Waals surface area contributed by atoms with Crippen molar-refractivity contribution < 1.29 is 4.79 Å². The van der Waals surface area contributed by atoms with Crippen molar-refractivity contribution in [2.45, 2.75) is 52.0 Å². The summed E-state index contributed by atoms with van der Waals surface area (Å²) in [4.78, 5) is 13.6. The first kappa shape index (κ1) is 16.4. The van der Waals surface area contributed by atoms with Gasteiger partial charge in [0, 0.05) is 25.6 Å². The summed E-state index contributed by atoms with van der Waals surface area (Å²) in [5, 5.41) is 2.66. The van der Waals surface area contributed by atoms with Crippen LogP contribution < -0.4 is 11.1 Å². The monoisotopic (exact) mass is 243 g/mol. The zero-order valence-corrected chi connectivity index (χ0v) is 11.9. The highest BCUT2D eigenvalue weighted by atomic mass is 16.1. The van der Waals surface area contributed by atoms with Gasteiger partial charge in [0.05, 0.1) is 0 Å². The Morgan fingerprint density at radius 3 is 2.41 bits per heavy atom. The number of nitrogens with two attached hydrogens (primary N) is 1. The molecule has 0 saturated carbocycles. The van der Waals surface area contributed by atoms with Gasteiger partial charge in [-0.1, -0.05) is 13.8 Å². The lowest BCUT2D eigenvalue weighted by Gasteiger charge is -2.40. The van der Waals surface area contributed by atoms with Crippen LogP contribution in [0.4, 0.5) is 0 Å². The predicted octanol–water partition coefficient (Wildman–Crippen LogP) is 1.35. The number of amides is 1. The quantitative estimate of drug-likeness (QED) is 0.643. The molecule has 0 aromatic rings. The highest BCUT2D eigenvalue weighted by Crippen LogP contribution is 2.19. The molecule has 0 fully saturated rings. The summed E-state index contributed by atoms with van der Waals surface area (Å²) in [7, 11) is 1.68. The zero-order chi connectivity index (χ0) is 13.3. The molecule has 4 heteroatoms. The minimum atomic E-state index is 0.0682. The molecule has 0 aliphatic heterocycles. The molecule has 0 spiro atoms. The highest BCUT2D eigenvalue weighted by molar-refractivity contribution is 5.75. The number of carbonyl (C=O) groups is 1. The van der Waals surface area contributed by atoms with Gasteiger partial charge in [0.15, 0.2) is 0 Å². The lowest BCUT2D eigenvalue weighted by molar-refractivity contribution is -0.120. The van der Waals surface area contributed by atoms with Crippen LogP contribution in [-0.2, 0) is 4.79 Å². The smallest absolute Gasteiger partial charge is 0.219 e. The Balaban J connectivity index is 4.27. The van der Waals surface area contributed by atoms with E-state index in [4.69, 9.17) is 5.73 Å². The average Bonchev–Trinajstić information content (AvgIpc) is 2.36. The molecule has 0 rings (SSSR count). The number of hydrogen-bond donors (Lipinski definition) is 2. The maximum atomic E-state index is 11.2. The van der Waals surface area contributed by atoms with E-state index in [0.717, 1.165) is 32.4 Å². The van der Waals surface area contributed by atoms with Crippen LogP contribution in [0.3, 0.4) is 0 Å². The number of carbonyl (C=O) groups excluding carboxylic acids is 1. The molecule has 0 aliphatic rings. The van der Waals surface area contributed by atoms with Crippen molar-refractivity contribution in [3.63, 3.8) is 0 Å². The van der Waals surface area contributed by atoms with Crippen LogP contribution in [0.2, 0.25) is 0 Å². The fourth-order valence-electron chi connectivity index (χ4n) is 1.97. The molecular weight excluding hydrogens is 214 g/mol. The fourth-order valence-corrected chi connectivity index (χ4v) is 1.97. The van der Waals surface area contributed by atoms with Crippen LogP contribution >= 0.6 is 0 Å². The number of nitrogens with zero attached hydrogens (tertiary/aromatic N) is 1. The third-order valence-corrected chi connectivity index (χ3v) is 3.57. The van der Waals surface area contributed by atoms with Crippen molar-refractivity contribution in [3.05, 3.63) is 0 Å². The minimum absolute atomic E-state index is 0.0682. The number of nitrogens with one attached hydrogen (secondary N) is 1. The molecule has 0 saturated heterocycles. The molecule has 102 valence electrons. The van der Waals surface area contributed by atoms with Gasteiger partial charge in [-0.3, -0.25) is 9.69 Å². The third kappa shape index (κ3) is 5.50. The Labute approximate surface area is 106 Å². The molecule has 4 nitrogen and oxygen atoms in total. The number of rotatable bonds is 9. The minimum Gasteiger partial charge on any atom is -0.359 e. The van der Waals surface area contributed by atoms with E-state index in [2.05, 4.69) is 31.0 Å². The standard InChI is InChI=1S/C13H29N3O/c1-5-9-16(13(3,6-2)11-14)10-7-8-12(17)15-4/h5-11,14H2,1-4H3,(H,15,17). The molecule has 0 aromatic carbocycles. The molecular formula is C13H29N3O. The van der Waals surface area contributed by atoms with Crippen LogP contribution in [0.1, 0.15) is 46.5 Å². The van der Waals surface area contributed by atoms with Crippen molar-refractivity contribution in [2.75, 3.05) is 26.7 Å². The second-order valence-electron chi connectivity index (χ2n) is 4.82. The van der Waals surface area contributed by atoms with E-state index in [1.807, 2.05) is 0 Å². The van der Waals surface area contributed by atoms with Gasteiger partial charge in [0.1, 0.15) is 0 Å². The van der Waals surface area contributed by atoms with Gasteiger partial charge in [-0.2, -0.15) is 0 Å². The van der Waals surface area contributed by atoms with Gasteiger partial charge in [-0.25, -0.2) is 0 Å². The zero-order valence-electron chi connectivity index (χ0n) is 11.9. The Kier molecular flexibility index (Phi) is 8.17. The second kappa shape index (κ2) is 8.48. The van der Waals surface area contributed by atoms with Crippen molar-refractivity contribution in [3.8, 4) is 0 Å². The summed E-state index contributed by atoms with van der Waals surface area (Å²) in [6, 6.07) is 0. The Morgan fingerprint density at radius 2 is 2.00 bits per heavy atom. The molecule has 0 bridgehead atoms. The van der Waals surface area contributed by atoms with E-state index in [1.165, 1.54) is 0 Å². The van der Waals surface area contributed by atoms with Gasteiger partial charge in [0.2, 0.25) is 5.91 Å². The summed E-state index contributed by atoms with van der Waals surface area (Å²) in [6.45, 7) is 9.23. The molecule has 1 unspecified atom stereocenters. The summed E-state index contributed by atoms with van der Waals surface area (Å²) in [5.41, 5.74) is 5.95. The van der Waals surface area contributed by atoms with Crippen LogP contribution in [0.5, 0.6) is 0 Å². The Bertz CT molecular complexity index is 215. The summed E-state index contributed by atoms with van der Waals surface area (Å²) >= 11 is 0. The lowest BCUT2D eigenvalue weighted by atomic mass is 9.95. The van der Waals surface area contributed by atoms with Gasteiger partial charge in [-0.15, -0.1) is 0 Å². The predicted molar refractivity (Wildman–Crippen MR) is 72.9 cm³/mol. The molecule has 1 atom stereocenters. The van der Waals surface area contributed by atoms with Gasteiger partial charge >= 0.3 is 0 Å². The average molecular weight is 243 g/mol. The largest absolute Gasteiger partial charge is 0.359 e. The fraction of sp³-hybridized carbons (Fsp3) is 0.923. The van der Waals surface area contributed by atoms with Crippen molar-refractivity contribution in [1.82, 2.24) is 10.2 Å². The van der Waals surface area contributed by atoms with Gasteiger partial charge < -0.3 is 11.1 Å². The first-order valence-electron chi connectivity index (χ1n) is 6.69. The van der Waals surface area contributed by atoms with Crippen LogP contribution in [0.25, 0.3) is 0 Å². The van der Waals surface area contributed by atoms with E-state index < -0.39 is 0 Å². The van der Waals surface area contributed by atoms with Gasteiger partial charge in [-0.05, 0) is 39.3 Å². The summed E-state index contributed by atoms with van der Waals surface area (Å²) < 4.78 is 0. The van der Waals surface area contributed by atoms with E-state index in [0.29, 0.717) is 13.0 Å². The molecule has 1 amide bonds. The third-order valence-electron chi connectivity index (χ3n) is 3.57. The van der Waals surface area contributed by atoms with Crippen LogP contribution in [-0.4, -0.2) is 43.0 Å². The summed E-state index contributed by atoms with van der Waals surface area (Å²) in [5.74, 6) is 0.118. The number of hydrogen-bond acceptors (Lipinski definition) is 3. The molecule has 3 N–H and O–H groups in total. The summed E-state index contributed by atoms with van der Waals surface area (Å²) in [6.07, 6.45) is 3.66. The van der Waals surface area contributed by atoms with Crippen LogP contribution in [0.15, 0.2) is 0 Å². The topological polar surface area (TPSA) is 58.4 Å². The van der Waals surface area contributed by atoms with Crippen LogP contribution in [0, 0.1) is 0 Å². The highest BCUT2D eigenvalue weighted by Gasteiger charge is 2.27. The molecule has 0 aliphatic carbocycles. The molecule has 0 heterocycles. The van der Waals surface area contributed by atoms with Crippen molar-refractivity contribution in [1.29, 1.82) is 0 Å². The Morgan fingerprint density at radius 1 is 1.35 bits per heavy atom. The first-order chi connectivity index (χ1) is 8.03. The maximum Gasteiger partial charge on any atom is 0.219 e. The lowest BCUT2D eigenvalue weighted by Crippen LogP contribution is -2.52. The Hall–Kier alpha value is -0.610. The van der Waals surface area contributed by atoms with E-state index in [9.17, 15) is 4.79 Å².